The SMILES string of the molecule is Cc1cc(NN=c2c(=O)c(=O)c3ccccc3c2=O)ccc1C(=O)O. The lowest BCUT2D eigenvalue weighted by Crippen LogP contribution is -2.48. The summed E-state index contributed by atoms with van der Waals surface area (Å²) in [5, 5.41) is 12.5. The molecule has 0 saturated heterocycles. The van der Waals surface area contributed by atoms with E-state index >= 15 is 0 Å². The average Bonchev–Trinajstić information content (AvgIpc) is 2.59. The first-order valence-corrected chi connectivity index (χ1v) is 7.30. The van der Waals surface area contributed by atoms with Gasteiger partial charge in [0.05, 0.1) is 11.3 Å². The van der Waals surface area contributed by atoms with E-state index in [0.717, 1.165) is 0 Å². The molecule has 2 N–H and O–H groups in total. The van der Waals surface area contributed by atoms with Crippen LogP contribution in [-0.2, 0) is 0 Å². The third-order valence-corrected chi connectivity index (χ3v) is 3.81. The molecule has 7 heteroatoms. The molecule has 0 aliphatic carbocycles. The van der Waals surface area contributed by atoms with Crippen molar-refractivity contribution in [2.24, 2.45) is 5.10 Å². The van der Waals surface area contributed by atoms with E-state index in [1.54, 1.807) is 19.1 Å². The molecular formula is C18H12N2O5. The molecule has 3 aromatic rings. The Hall–Kier alpha value is -3.61. The van der Waals surface area contributed by atoms with Gasteiger partial charge in [-0.15, -0.1) is 0 Å². The summed E-state index contributed by atoms with van der Waals surface area (Å²) in [5.41, 5.74) is 1.15. The van der Waals surface area contributed by atoms with Crippen molar-refractivity contribution in [3.8, 4) is 0 Å². The first-order valence-electron chi connectivity index (χ1n) is 7.30. The molecule has 0 aliphatic rings. The van der Waals surface area contributed by atoms with Crippen molar-refractivity contribution in [3.63, 3.8) is 0 Å². The Morgan fingerprint density at radius 1 is 0.960 bits per heavy atom. The Morgan fingerprint density at radius 3 is 2.20 bits per heavy atom. The van der Waals surface area contributed by atoms with Crippen LogP contribution in [0.4, 0.5) is 5.69 Å². The standard InChI is InChI=1S/C18H12N2O5/c1-9-8-10(6-7-11(9)18(24)25)19-20-14-15(21)12-4-2-3-5-13(12)16(22)17(14)23/h2-8,19H,1H3,(H,24,25). The molecule has 0 aromatic heterocycles. The van der Waals surface area contributed by atoms with Gasteiger partial charge in [0.1, 0.15) is 0 Å². The van der Waals surface area contributed by atoms with Gasteiger partial charge in [0.2, 0.25) is 10.9 Å². The van der Waals surface area contributed by atoms with Crippen molar-refractivity contribution in [1.29, 1.82) is 0 Å². The van der Waals surface area contributed by atoms with Crippen LogP contribution in [0.3, 0.4) is 0 Å². The summed E-state index contributed by atoms with van der Waals surface area (Å²) in [7, 11) is 0. The van der Waals surface area contributed by atoms with Crippen LogP contribution >= 0.6 is 0 Å². The van der Waals surface area contributed by atoms with Crippen LogP contribution in [-0.4, -0.2) is 11.1 Å². The number of aromatic carboxylic acids is 1. The van der Waals surface area contributed by atoms with Crippen molar-refractivity contribution in [2.75, 3.05) is 5.43 Å². The number of carboxylic acid groups (broad SMARTS) is 1. The average molecular weight is 336 g/mol. The molecule has 7 nitrogen and oxygen atoms in total. The zero-order valence-corrected chi connectivity index (χ0v) is 13.1. The van der Waals surface area contributed by atoms with Crippen LogP contribution in [0.5, 0.6) is 0 Å². The zero-order valence-electron chi connectivity index (χ0n) is 13.1. The normalized spacial score (nSPS) is 11.6. The van der Waals surface area contributed by atoms with Crippen molar-refractivity contribution >= 4 is 22.4 Å². The number of anilines is 1. The van der Waals surface area contributed by atoms with E-state index in [1.165, 1.54) is 30.3 Å². The maximum atomic E-state index is 12.4. The van der Waals surface area contributed by atoms with Gasteiger partial charge in [0, 0.05) is 10.8 Å². The molecule has 3 aromatic carbocycles. The van der Waals surface area contributed by atoms with E-state index in [9.17, 15) is 19.2 Å². The van der Waals surface area contributed by atoms with Gasteiger partial charge in [0.15, 0.2) is 5.36 Å². The minimum absolute atomic E-state index is 0.0677. The Bertz CT molecular complexity index is 1220. The number of aryl methyl sites for hydroxylation is 1. The van der Waals surface area contributed by atoms with Crippen LogP contribution < -0.4 is 27.1 Å². The fraction of sp³-hybridized carbons (Fsp3) is 0.0556. The highest BCUT2D eigenvalue weighted by Gasteiger charge is 2.11. The Balaban J connectivity index is 2.13. The minimum atomic E-state index is -1.06. The largest absolute Gasteiger partial charge is 0.478 e. The molecule has 25 heavy (non-hydrogen) atoms. The molecule has 0 radical (unpaired) electrons. The molecule has 0 bridgehead atoms. The number of carboxylic acids is 1. The van der Waals surface area contributed by atoms with E-state index in [2.05, 4.69) is 10.5 Å². The van der Waals surface area contributed by atoms with Crippen molar-refractivity contribution < 1.29 is 9.90 Å². The van der Waals surface area contributed by atoms with E-state index < -0.39 is 27.6 Å². The van der Waals surface area contributed by atoms with Crippen LogP contribution in [0.2, 0.25) is 0 Å². The number of benzene rings is 3. The van der Waals surface area contributed by atoms with E-state index in [4.69, 9.17) is 5.11 Å². The summed E-state index contributed by atoms with van der Waals surface area (Å²) in [6.07, 6.45) is 0. The number of fused-ring (bicyclic) bond motifs is 1. The number of carbonyl (C=O) groups is 1. The lowest BCUT2D eigenvalue weighted by molar-refractivity contribution is 0.0696. The summed E-state index contributed by atoms with van der Waals surface area (Å²) in [4.78, 5) is 47.6. The smallest absolute Gasteiger partial charge is 0.335 e. The Labute approximate surface area is 140 Å². The van der Waals surface area contributed by atoms with Crippen LogP contribution in [0.15, 0.2) is 61.9 Å². The van der Waals surface area contributed by atoms with Gasteiger partial charge in [-0.25, -0.2) is 4.79 Å². The van der Waals surface area contributed by atoms with Gasteiger partial charge in [-0.3, -0.25) is 19.8 Å². The fourth-order valence-corrected chi connectivity index (χ4v) is 2.53. The summed E-state index contributed by atoms with van der Waals surface area (Å²) >= 11 is 0. The van der Waals surface area contributed by atoms with Gasteiger partial charge in [-0.1, -0.05) is 24.3 Å². The fourth-order valence-electron chi connectivity index (χ4n) is 2.53. The van der Waals surface area contributed by atoms with Crippen LogP contribution in [0.25, 0.3) is 10.8 Å². The number of hydrogen-bond acceptors (Lipinski definition) is 6. The second kappa shape index (κ2) is 6.12. The molecular weight excluding hydrogens is 324 g/mol. The topological polar surface area (TPSA) is 113 Å². The highest BCUT2D eigenvalue weighted by atomic mass is 16.4. The van der Waals surface area contributed by atoms with Crippen molar-refractivity contribution in [3.05, 3.63) is 89.6 Å². The van der Waals surface area contributed by atoms with E-state index in [1.807, 2.05) is 0 Å². The van der Waals surface area contributed by atoms with Crippen molar-refractivity contribution in [1.82, 2.24) is 0 Å². The summed E-state index contributed by atoms with van der Waals surface area (Å²) in [6.45, 7) is 1.61. The maximum absolute atomic E-state index is 12.4. The molecule has 0 aliphatic heterocycles. The second-order valence-corrected chi connectivity index (χ2v) is 5.44. The number of nitrogens with one attached hydrogen (secondary N) is 1. The van der Waals surface area contributed by atoms with Crippen LogP contribution in [0.1, 0.15) is 15.9 Å². The molecule has 0 unspecified atom stereocenters. The summed E-state index contributed by atoms with van der Waals surface area (Å²) in [6, 6.07) is 10.4. The monoisotopic (exact) mass is 336 g/mol. The molecule has 0 fully saturated rings. The van der Waals surface area contributed by atoms with Gasteiger partial charge < -0.3 is 5.11 Å². The Morgan fingerprint density at radius 2 is 1.60 bits per heavy atom. The van der Waals surface area contributed by atoms with Crippen molar-refractivity contribution in [2.45, 2.75) is 6.92 Å². The maximum Gasteiger partial charge on any atom is 0.335 e. The zero-order chi connectivity index (χ0) is 18.1. The molecule has 0 amide bonds. The van der Waals surface area contributed by atoms with Gasteiger partial charge in [0.25, 0.3) is 5.43 Å². The van der Waals surface area contributed by atoms with Gasteiger partial charge in [-0.2, -0.15) is 5.10 Å². The molecule has 0 saturated carbocycles. The highest BCUT2D eigenvalue weighted by molar-refractivity contribution is 5.89. The number of rotatable bonds is 3. The van der Waals surface area contributed by atoms with Gasteiger partial charge >= 0.3 is 5.97 Å². The third kappa shape index (κ3) is 2.83. The summed E-state index contributed by atoms with van der Waals surface area (Å²) < 4.78 is 0. The Kier molecular flexibility index (Phi) is 3.98. The molecule has 3 rings (SSSR count). The molecule has 0 atom stereocenters. The number of hydrogen-bond donors (Lipinski definition) is 2. The second-order valence-electron chi connectivity index (χ2n) is 5.44. The van der Waals surface area contributed by atoms with E-state index in [0.29, 0.717) is 11.3 Å². The molecule has 0 heterocycles. The quantitative estimate of drug-likeness (QED) is 0.538. The summed E-state index contributed by atoms with van der Waals surface area (Å²) in [5.74, 6) is -1.06. The highest BCUT2D eigenvalue weighted by Crippen LogP contribution is 2.14. The minimum Gasteiger partial charge on any atom is -0.478 e. The lowest BCUT2D eigenvalue weighted by atomic mass is 10.1. The first kappa shape index (κ1) is 16.3. The molecule has 124 valence electrons. The van der Waals surface area contributed by atoms with Gasteiger partial charge in [-0.05, 0) is 30.7 Å². The first-order chi connectivity index (χ1) is 11.9. The molecule has 0 spiro atoms. The lowest BCUT2D eigenvalue weighted by Gasteiger charge is -2.04. The van der Waals surface area contributed by atoms with Crippen LogP contribution in [0, 0.1) is 6.92 Å². The number of nitrogens with zero attached hydrogens (tertiary/aromatic N) is 1. The predicted octanol–water partition coefficient (Wildman–Crippen LogP) is 0.730. The third-order valence-electron chi connectivity index (χ3n) is 3.81. The predicted molar refractivity (Wildman–Crippen MR) is 92.5 cm³/mol. The van der Waals surface area contributed by atoms with E-state index in [-0.39, 0.29) is 16.3 Å².